The molecule has 4 rings (SSSR count). The van der Waals surface area contributed by atoms with Crippen molar-refractivity contribution in [1.82, 2.24) is 0 Å². The predicted molar refractivity (Wildman–Crippen MR) is 136 cm³/mol. The van der Waals surface area contributed by atoms with Gasteiger partial charge in [-0.05, 0) is 104 Å². The van der Waals surface area contributed by atoms with Gasteiger partial charge in [0.25, 0.3) is 0 Å². The zero-order valence-corrected chi connectivity index (χ0v) is 21.9. The Labute approximate surface area is 207 Å². The van der Waals surface area contributed by atoms with E-state index in [1.807, 2.05) is 6.92 Å². The molecule has 0 amide bonds. The van der Waals surface area contributed by atoms with Crippen LogP contribution in [-0.2, 0) is 20.7 Å². The number of carbonyl (C=O) groups is 1. The highest BCUT2D eigenvalue weighted by Gasteiger charge is 2.58. The molecule has 1 aromatic rings. The third kappa shape index (κ3) is 5.17. The summed E-state index contributed by atoms with van der Waals surface area (Å²) in [6.45, 7) is 10.9. The molecule has 2 saturated carbocycles. The van der Waals surface area contributed by atoms with Gasteiger partial charge >= 0.3 is 5.97 Å². The van der Waals surface area contributed by atoms with Crippen LogP contribution in [0.2, 0.25) is 0 Å². The van der Waals surface area contributed by atoms with Gasteiger partial charge in [-0.2, -0.15) is 0 Å². The Morgan fingerprint density at radius 3 is 2.62 bits per heavy atom. The summed E-state index contributed by atoms with van der Waals surface area (Å²) in [5.74, 6) is 3.00. The molecular weight excluding hydrogens is 424 g/mol. The van der Waals surface area contributed by atoms with Crippen LogP contribution in [0.15, 0.2) is 18.2 Å². The van der Waals surface area contributed by atoms with Crippen molar-refractivity contribution in [3.05, 3.63) is 29.3 Å². The molecule has 0 N–H and O–H groups in total. The Morgan fingerprint density at radius 1 is 1.06 bits per heavy atom. The molecule has 0 aromatic heterocycles. The summed E-state index contributed by atoms with van der Waals surface area (Å²) in [7, 11) is 0. The van der Waals surface area contributed by atoms with Crippen LogP contribution in [0.1, 0.15) is 103 Å². The second-order valence-electron chi connectivity index (χ2n) is 11.2. The first kappa shape index (κ1) is 25.5. The molecule has 6 atom stereocenters. The van der Waals surface area contributed by atoms with Crippen LogP contribution in [0.4, 0.5) is 0 Å². The lowest BCUT2D eigenvalue weighted by Crippen LogP contribution is -2.49. The third-order valence-electron chi connectivity index (χ3n) is 9.05. The molecule has 34 heavy (non-hydrogen) atoms. The molecule has 0 radical (unpaired) electrons. The molecule has 3 aliphatic rings. The topological polar surface area (TPSA) is 44.8 Å². The Kier molecular flexibility index (Phi) is 8.61. The Hall–Kier alpha value is -1.55. The highest BCUT2D eigenvalue weighted by molar-refractivity contribution is 5.70. The van der Waals surface area contributed by atoms with E-state index in [9.17, 15) is 4.79 Å². The van der Waals surface area contributed by atoms with Gasteiger partial charge in [0.05, 0.1) is 19.3 Å². The maximum absolute atomic E-state index is 12.7. The minimum Gasteiger partial charge on any atom is -0.494 e. The van der Waals surface area contributed by atoms with E-state index in [1.165, 1.54) is 30.4 Å². The number of fused-ring (bicyclic) bond motifs is 5. The van der Waals surface area contributed by atoms with Gasteiger partial charge in [0.2, 0.25) is 0 Å². The maximum atomic E-state index is 12.7. The van der Waals surface area contributed by atoms with E-state index in [4.69, 9.17) is 14.2 Å². The Morgan fingerprint density at radius 2 is 1.85 bits per heavy atom. The minimum atomic E-state index is -0.0404. The largest absolute Gasteiger partial charge is 0.494 e. The van der Waals surface area contributed by atoms with Gasteiger partial charge < -0.3 is 14.2 Å². The van der Waals surface area contributed by atoms with Gasteiger partial charge in [0.15, 0.2) is 0 Å². The molecule has 0 saturated heterocycles. The van der Waals surface area contributed by atoms with Gasteiger partial charge in [0.1, 0.15) is 5.75 Å². The normalized spacial score (nSPS) is 31.9. The van der Waals surface area contributed by atoms with E-state index < -0.39 is 0 Å². The first-order chi connectivity index (χ1) is 16.5. The standard InChI is InChI=1S/C30H46O4/c1-5-8-16-33-23-11-13-24-21(18-23)10-12-25-26-14-15-27(34-17-9-6-2)30(26,4)20-22(29(24)25)19-28(31)32-7-3/h11,13,18,22,25-27,29H,5-10,12,14-17,19-20H2,1-4H3/t22-,25?,26?,27?,29?,30?/m0/s1. The zero-order valence-electron chi connectivity index (χ0n) is 21.9. The summed E-state index contributed by atoms with van der Waals surface area (Å²) in [4.78, 5) is 12.7. The maximum Gasteiger partial charge on any atom is 0.306 e. The Bertz CT molecular complexity index is 820. The fourth-order valence-corrected chi connectivity index (χ4v) is 7.52. The second kappa shape index (κ2) is 11.5. The molecule has 1 aromatic carbocycles. The van der Waals surface area contributed by atoms with Crippen LogP contribution >= 0.6 is 0 Å². The molecule has 0 heterocycles. The molecular formula is C30H46O4. The number of hydrogen-bond acceptors (Lipinski definition) is 4. The third-order valence-corrected chi connectivity index (χ3v) is 9.05. The van der Waals surface area contributed by atoms with Gasteiger partial charge in [-0.3, -0.25) is 4.79 Å². The highest BCUT2D eigenvalue weighted by Crippen LogP contribution is 2.64. The smallest absolute Gasteiger partial charge is 0.306 e. The van der Waals surface area contributed by atoms with E-state index >= 15 is 0 Å². The SMILES string of the molecule is CCCCOc1ccc2c(c1)CCC1C2[C@@H](CC(=O)OCC)CC2(C)C(OCCCC)CCC12. The van der Waals surface area contributed by atoms with Crippen molar-refractivity contribution in [3.8, 4) is 5.75 Å². The molecule has 0 bridgehead atoms. The molecule has 2 fully saturated rings. The first-order valence-electron chi connectivity index (χ1n) is 14.0. The lowest BCUT2D eigenvalue weighted by atomic mass is 9.51. The van der Waals surface area contributed by atoms with Crippen molar-refractivity contribution in [2.24, 2.45) is 23.2 Å². The van der Waals surface area contributed by atoms with E-state index in [0.717, 1.165) is 57.5 Å². The van der Waals surface area contributed by atoms with E-state index in [-0.39, 0.29) is 11.4 Å². The average Bonchev–Trinajstić information content (AvgIpc) is 3.15. The van der Waals surface area contributed by atoms with Crippen LogP contribution in [0, 0.1) is 23.2 Å². The summed E-state index contributed by atoms with van der Waals surface area (Å²) in [5, 5.41) is 0. The molecule has 0 spiro atoms. The van der Waals surface area contributed by atoms with Crippen LogP contribution in [0.5, 0.6) is 5.75 Å². The fraction of sp³-hybridized carbons (Fsp3) is 0.767. The summed E-state index contributed by atoms with van der Waals surface area (Å²) in [6.07, 6.45) is 11.2. The van der Waals surface area contributed by atoms with Gasteiger partial charge in [-0.25, -0.2) is 0 Å². The lowest BCUT2D eigenvalue weighted by molar-refractivity contribution is -0.147. The number of esters is 1. The Balaban J connectivity index is 1.60. The predicted octanol–water partition coefficient (Wildman–Crippen LogP) is 7.09. The van der Waals surface area contributed by atoms with Crippen LogP contribution in [-0.4, -0.2) is 31.9 Å². The van der Waals surface area contributed by atoms with E-state index in [0.29, 0.717) is 42.8 Å². The number of aryl methyl sites for hydroxylation is 1. The second-order valence-corrected chi connectivity index (χ2v) is 11.2. The van der Waals surface area contributed by atoms with E-state index in [2.05, 4.69) is 39.0 Å². The molecule has 190 valence electrons. The fourth-order valence-electron chi connectivity index (χ4n) is 7.52. The van der Waals surface area contributed by atoms with Gasteiger partial charge in [-0.15, -0.1) is 0 Å². The van der Waals surface area contributed by atoms with Gasteiger partial charge in [0, 0.05) is 13.0 Å². The van der Waals surface area contributed by atoms with Crippen molar-refractivity contribution in [2.75, 3.05) is 19.8 Å². The quantitative estimate of drug-likeness (QED) is 0.256. The molecule has 4 heteroatoms. The molecule has 4 nitrogen and oxygen atoms in total. The van der Waals surface area contributed by atoms with E-state index in [1.54, 1.807) is 0 Å². The summed E-state index contributed by atoms with van der Waals surface area (Å²) < 4.78 is 18.0. The molecule has 5 unspecified atom stereocenters. The van der Waals surface area contributed by atoms with Crippen LogP contribution in [0.25, 0.3) is 0 Å². The zero-order chi connectivity index (χ0) is 24.1. The number of carbonyl (C=O) groups excluding carboxylic acids is 1. The van der Waals surface area contributed by atoms with Crippen molar-refractivity contribution in [1.29, 1.82) is 0 Å². The van der Waals surface area contributed by atoms with Crippen LogP contribution < -0.4 is 4.74 Å². The van der Waals surface area contributed by atoms with Crippen molar-refractivity contribution in [2.45, 2.75) is 104 Å². The number of ether oxygens (including phenoxy) is 3. The monoisotopic (exact) mass is 470 g/mol. The van der Waals surface area contributed by atoms with Crippen molar-refractivity contribution < 1.29 is 19.0 Å². The first-order valence-corrected chi connectivity index (χ1v) is 14.0. The van der Waals surface area contributed by atoms with Crippen molar-refractivity contribution in [3.63, 3.8) is 0 Å². The highest BCUT2D eigenvalue weighted by atomic mass is 16.5. The molecule has 3 aliphatic carbocycles. The van der Waals surface area contributed by atoms with Gasteiger partial charge in [-0.1, -0.05) is 39.7 Å². The van der Waals surface area contributed by atoms with Crippen molar-refractivity contribution >= 4 is 5.97 Å². The van der Waals surface area contributed by atoms with Crippen LogP contribution in [0.3, 0.4) is 0 Å². The summed E-state index contributed by atoms with van der Waals surface area (Å²) >= 11 is 0. The lowest BCUT2D eigenvalue weighted by Gasteiger charge is -2.54. The number of benzene rings is 1. The minimum absolute atomic E-state index is 0.0404. The summed E-state index contributed by atoms with van der Waals surface area (Å²) in [5.41, 5.74) is 3.06. The number of rotatable bonds is 11. The summed E-state index contributed by atoms with van der Waals surface area (Å²) in [6, 6.07) is 6.76. The molecule has 0 aliphatic heterocycles. The number of unbranched alkanes of at least 4 members (excludes halogenated alkanes) is 2. The number of hydrogen-bond donors (Lipinski definition) is 0. The average molecular weight is 471 g/mol.